The molecule has 0 aliphatic heterocycles. The first-order chi connectivity index (χ1) is 3.91. The van der Waals surface area contributed by atoms with Crippen molar-refractivity contribution in [3.63, 3.8) is 0 Å². The molecule has 56 valence electrons. The third-order valence-corrected chi connectivity index (χ3v) is 0.167. The van der Waals surface area contributed by atoms with E-state index in [1.807, 2.05) is 0 Å². The minimum atomic E-state index is -5.67. The predicted molar refractivity (Wildman–Crippen MR) is 25.1 cm³/mol. The van der Waals surface area contributed by atoms with Crippen LogP contribution in [0, 0.1) is 0 Å². The standard InChI is InChI=1S/C3H7N.2H2O.2O.W/c1-2-3-4;;;;;/h2H,1,3-4H2;2*1H2;;;/q;;;;;+2/p-2. The van der Waals surface area contributed by atoms with Gasteiger partial charge in [-0.1, -0.05) is 6.08 Å². The molecular formula is C3H9NO4W. The molecule has 4 N–H and O–H groups in total. The van der Waals surface area contributed by atoms with E-state index in [2.05, 4.69) is 6.58 Å². The van der Waals surface area contributed by atoms with Crippen molar-refractivity contribution in [1.29, 1.82) is 0 Å². The van der Waals surface area contributed by atoms with Gasteiger partial charge in [-0.25, -0.2) is 0 Å². The summed E-state index contributed by atoms with van der Waals surface area (Å²) >= 11 is -5.67. The van der Waals surface area contributed by atoms with E-state index in [4.69, 9.17) is 20.0 Å². The summed E-state index contributed by atoms with van der Waals surface area (Å²) in [5.41, 5.74) is 4.91. The molecular weight excluding hydrogens is 298 g/mol. The Labute approximate surface area is 56.5 Å². The third kappa shape index (κ3) is 335. The van der Waals surface area contributed by atoms with Gasteiger partial charge < -0.3 is 5.73 Å². The van der Waals surface area contributed by atoms with Gasteiger partial charge >= 0.3 is 31.1 Å². The number of hydrogen-bond donors (Lipinski definition) is 3. The van der Waals surface area contributed by atoms with Gasteiger partial charge in [-0.3, -0.25) is 0 Å². The first-order valence-electron chi connectivity index (χ1n) is 1.92. The van der Waals surface area contributed by atoms with Gasteiger partial charge in [0.2, 0.25) is 0 Å². The molecule has 0 rings (SSSR count). The van der Waals surface area contributed by atoms with E-state index >= 15 is 0 Å². The molecule has 0 aromatic rings. The number of hydrogen-bond acceptors (Lipinski definition) is 3. The summed E-state index contributed by atoms with van der Waals surface area (Å²) in [6, 6.07) is 0. The fourth-order valence-corrected chi connectivity index (χ4v) is 0. The molecule has 0 bridgehead atoms. The molecule has 0 aliphatic rings. The zero-order valence-electron chi connectivity index (χ0n) is 4.69. The summed E-state index contributed by atoms with van der Waals surface area (Å²) in [7, 11) is 0. The minimum absolute atomic E-state index is 0.583. The van der Waals surface area contributed by atoms with Crippen LogP contribution in [0.4, 0.5) is 0 Å². The van der Waals surface area contributed by atoms with Crippen LogP contribution in [0.2, 0.25) is 0 Å². The number of rotatable bonds is 1. The van der Waals surface area contributed by atoms with E-state index in [0.717, 1.165) is 0 Å². The van der Waals surface area contributed by atoms with E-state index in [1.165, 1.54) is 0 Å². The van der Waals surface area contributed by atoms with Crippen LogP contribution in [0.5, 0.6) is 0 Å². The maximum absolute atomic E-state index is 8.87. The Morgan fingerprint density at radius 1 is 1.56 bits per heavy atom. The van der Waals surface area contributed by atoms with Crippen LogP contribution in [0.1, 0.15) is 0 Å². The molecule has 0 aliphatic carbocycles. The van der Waals surface area contributed by atoms with Crippen molar-refractivity contribution in [3.8, 4) is 0 Å². The van der Waals surface area contributed by atoms with Crippen LogP contribution in [0.3, 0.4) is 0 Å². The average Bonchev–Trinajstić information content (AvgIpc) is 1.61. The summed E-state index contributed by atoms with van der Waals surface area (Å²) in [5.74, 6) is 0. The Morgan fingerprint density at radius 2 is 1.67 bits per heavy atom. The second-order valence-electron chi connectivity index (χ2n) is 0.972. The van der Waals surface area contributed by atoms with Crippen LogP contribution < -0.4 is 5.73 Å². The maximum atomic E-state index is 8.87. The molecule has 0 atom stereocenters. The molecule has 0 aromatic carbocycles. The summed E-state index contributed by atoms with van der Waals surface area (Å²) in [4.78, 5) is 0. The summed E-state index contributed by atoms with van der Waals surface area (Å²) < 4.78 is 32.1. The molecule has 0 radical (unpaired) electrons. The Hall–Kier alpha value is -0.0917. The first-order valence-corrected chi connectivity index (χ1v) is 6.94. The van der Waals surface area contributed by atoms with Gasteiger partial charge in [0.15, 0.2) is 0 Å². The Bertz CT molecular complexity index is 141. The van der Waals surface area contributed by atoms with E-state index < -0.39 is 16.7 Å². The molecule has 0 spiro atoms. The van der Waals surface area contributed by atoms with E-state index in [0.29, 0.717) is 6.54 Å². The van der Waals surface area contributed by atoms with Crippen LogP contribution in [-0.4, -0.2) is 14.1 Å². The van der Waals surface area contributed by atoms with Crippen molar-refractivity contribution in [2.75, 3.05) is 6.54 Å². The van der Waals surface area contributed by atoms with Gasteiger partial charge in [0.1, 0.15) is 0 Å². The monoisotopic (exact) mass is 307 g/mol. The van der Waals surface area contributed by atoms with Crippen molar-refractivity contribution in [3.05, 3.63) is 12.7 Å². The van der Waals surface area contributed by atoms with Crippen LogP contribution in [0.25, 0.3) is 0 Å². The quantitative estimate of drug-likeness (QED) is 0.527. The van der Waals surface area contributed by atoms with Crippen LogP contribution >= 0.6 is 0 Å². The van der Waals surface area contributed by atoms with Crippen LogP contribution in [-0.2, 0) is 23.5 Å². The average molecular weight is 307 g/mol. The van der Waals surface area contributed by atoms with Crippen LogP contribution in [0.15, 0.2) is 12.7 Å². The van der Waals surface area contributed by atoms with Crippen molar-refractivity contribution in [1.82, 2.24) is 0 Å². The fraction of sp³-hybridized carbons (Fsp3) is 0.333. The molecule has 5 nitrogen and oxygen atoms in total. The molecule has 0 fully saturated rings. The van der Waals surface area contributed by atoms with Crippen molar-refractivity contribution >= 4 is 0 Å². The van der Waals surface area contributed by atoms with E-state index in [9.17, 15) is 0 Å². The summed E-state index contributed by atoms with van der Waals surface area (Å²) in [6.07, 6.45) is 1.65. The third-order valence-electron chi connectivity index (χ3n) is 0.167. The number of nitrogens with two attached hydrogens (primary N) is 1. The van der Waals surface area contributed by atoms with Gasteiger partial charge in [-0.05, 0) is 0 Å². The molecule has 9 heavy (non-hydrogen) atoms. The molecule has 0 unspecified atom stereocenters. The van der Waals surface area contributed by atoms with Gasteiger partial charge in [0.25, 0.3) is 0 Å². The zero-order chi connectivity index (χ0) is 7.91. The van der Waals surface area contributed by atoms with Crippen molar-refractivity contribution < 1.29 is 31.1 Å². The van der Waals surface area contributed by atoms with Gasteiger partial charge in [-0.15, -0.1) is 6.58 Å². The van der Waals surface area contributed by atoms with Gasteiger partial charge in [0, 0.05) is 6.54 Å². The Kier molecular flexibility index (Phi) is 7.83. The summed E-state index contributed by atoms with van der Waals surface area (Å²) in [6.45, 7) is 3.94. The normalized spacial score (nSPS) is 9.22. The fourth-order valence-electron chi connectivity index (χ4n) is 0. The topological polar surface area (TPSA) is 101 Å². The molecule has 0 heterocycles. The summed E-state index contributed by atoms with van der Waals surface area (Å²) in [5, 5.41) is 0. The molecule has 0 aromatic heterocycles. The van der Waals surface area contributed by atoms with E-state index in [-0.39, 0.29) is 0 Å². The SMILES string of the molecule is C=CCN.[O]=[W](=[O])([OH])[OH]. The van der Waals surface area contributed by atoms with Crippen molar-refractivity contribution in [2.45, 2.75) is 0 Å². The molecule has 0 saturated carbocycles. The Morgan fingerprint density at radius 3 is 1.67 bits per heavy atom. The second-order valence-corrected chi connectivity index (χ2v) is 4.19. The molecule has 0 amide bonds. The molecule has 0 saturated heterocycles. The second kappa shape index (κ2) is 6.03. The van der Waals surface area contributed by atoms with Crippen molar-refractivity contribution in [2.24, 2.45) is 5.73 Å². The zero-order valence-corrected chi connectivity index (χ0v) is 7.62. The first kappa shape index (κ1) is 11.7. The predicted octanol–water partition coefficient (Wildman–Crippen LogP) is -1.22. The Balaban J connectivity index is 0. The van der Waals surface area contributed by atoms with Gasteiger partial charge in [0.05, 0.1) is 0 Å². The van der Waals surface area contributed by atoms with E-state index in [1.54, 1.807) is 6.08 Å². The molecule has 6 heteroatoms. The van der Waals surface area contributed by atoms with Gasteiger partial charge in [-0.2, -0.15) is 0 Å².